The standard InChI is InChI=1S/C18H30N4O2.HI/c1-14-7-4-5-11-22(14)12-6-10-20-18(19)21-15-8-9-16(23-2)17(13-15)24-3;/h8-9,13-14H,4-7,10-12H2,1-3H3,(H3,19,20,21);1H. The van der Waals surface area contributed by atoms with E-state index >= 15 is 0 Å². The predicted octanol–water partition coefficient (Wildman–Crippen LogP) is 3.31. The quantitative estimate of drug-likeness (QED) is 0.282. The average molecular weight is 462 g/mol. The summed E-state index contributed by atoms with van der Waals surface area (Å²) in [6.45, 7) is 5.35. The Morgan fingerprint density at radius 1 is 1.28 bits per heavy atom. The van der Waals surface area contributed by atoms with Crippen molar-refractivity contribution in [1.29, 1.82) is 0 Å². The molecule has 1 atom stereocenters. The molecule has 1 unspecified atom stereocenters. The zero-order chi connectivity index (χ0) is 17.4. The van der Waals surface area contributed by atoms with Crippen LogP contribution in [0.4, 0.5) is 5.69 Å². The Morgan fingerprint density at radius 2 is 2.04 bits per heavy atom. The van der Waals surface area contributed by atoms with Gasteiger partial charge in [-0.25, -0.2) is 0 Å². The maximum Gasteiger partial charge on any atom is 0.193 e. The third kappa shape index (κ3) is 6.89. The maximum atomic E-state index is 5.97. The number of anilines is 1. The highest BCUT2D eigenvalue weighted by molar-refractivity contribution is 14.0. The number of halogens is 1. The van der Waals surface area contributed by atoms with Gasteiger partial charge in [-0.15, -0.1) is 24.0 Å². The minimum atomic E-state index is 0. The number of hydrogen-bond donors (Lipinski definition) is 2. The number of nitrogens with two attached hydrogens (primary N) is 1. The Morgan fingerprint density at radius 3 is 2.72 bits per heavy atom. The number of benzene rings is 1. The van der Waals surface area contributed by atoms with E-state index in [1.807, 2.05) is 18.2 Å². The lowest BCUT2D eigenvalue weighted by Gasteiger charge is -2.33. The minimum Gasteiger partial charge on any atom is -0.493 e. The Balaban J connectivity index is 0.00000312. The molecule has 1 heterocycles. The van der Waals surface area contributed by atoms with Crippen molar-refractivity contribution in [3.05, 3.63) is 18.2 Å². The van der Waals surface area contributed by atoms with Crippen LogP contribution in [0.3, 0.4) is 0 Å². The normalized spacial score (nSPS) is 18.4. The van der Waals surface area contributed by atoms with Crippen molar-refractivity contribution in [3.63, 3.8) is 0 Å². The van der Waals surface area contributed by atoms with Gasteiger partial charge in [0.1, 0.15) is 0 Å². The lowest BCUT2D eigenvalue weighted by molar-refractivity contribution is 0.160. The van der Waals surface area contributed by atoms with Crippen molar-refractivity contribution in [2.75, 3.05) is 39.2 Å². The van der Waals surface area contributed by atoms with Gasteiger partial charge >= 0.3 is 0 Å². The molecular weight excluding hydrogens is 431 g/mol. The van der Waals surface area contributed by atoms with Gasteiger partial charge in [0.05, 0.1) is 14.2 Å². The van der Waals surface area contributed by atoms with E-state index in [0.29, 0.717) is 23.5 Å². The molecule has 1 aromatic carbocycles. The molecule has 0 aliphatic carbocycles. The van der Waals surface area contributed by atoms with Gasteiger partial charge in [-0.1, -0.05) is 6.42 Å². The van der Waals surface area contributed by atoms with Gasteiger partial charge in [0.25, 0.3) is 0 Å². The van der Waals surface area contributed by atoms with Crippen LogP contribution in [0.1, 0.15) is 32.6 Å². The summed E-state index contributed by atoms with van der Waals surface area (Å²) in [6.07, 6.45) is 5.01. The second-order valence-electron chi connectivity index (χ2n) is 6.20. The third-order valence-electron chi connectivity index (χ3n) is 4.48. The average Bonchev–Trinajstić information content (AvgIpc) is 2.60. The number of piperidine rings is 1. The Kier molecular flexibility index (Phi) is 9.96. The molecule has 142 valence electrons. The number of nitrogens with zero attached hydrogens (tertiary/aromatic N) is 2. The zero-order valence-corrected chi connectivity index (χ0v) is 17.8. The zero-order valence-electron chi connectivity index (χ0n) is 15.5. The van der Waals surface area contributed by atoms with Crippen LogP contribution in [0.2, 0.25) is 0 Å². The van der Waals surface area contributed by atoms with Crippen molar-refractivity contribution in [2.45, 2.75) is 38.6 Å². The lowest BCUT2D eigenvalue weighted by atomic mass is 10.0. The number of methoxy groups -OCH3 is 2. The first-order valence-corrected chi connectivity index (χ1v) is 8.67. The molecule has 0 radical (unpaired) electrons. The molecule has 1 saturated heterocycles. The highest BCUT2D eigenvalue weighted by Crippen LogP contribution is 2.29. The first kappa shape index (κ1) is 21.8. The van der Waals surface area contributed by atoms with Crippen LogP contribution >= 0.6 is 24.0 Å². The van der Waals surface area contributed by atoms with Gasteiger partial charge in [-0.2, -0.15) is 0 Å². The van der Waals surface area contributed by atoms with Crippen molar-refractivity contribution in [1.82, 2.24) is 4.90 Å². The lowest BCUT2D eigenvalue weighted by Crippen LogP contribution is -2.38. The summed E-state index contributed by atoms with van der Waals surface area (Å²) >= 11 is 0. The van der Waals surface area contributed by atoms with Crippen LogP contribution < -0.4 is 20.5 Å². The maximum absolute atomic E-state index is 5.97. The van der Waals surface area contributed by atoms with E-state index in [1.54, 1.807) is 14.2 Å². The first-order chi connectivity index (χ1) is 11.6. The van der Waals surface area contributed by atoms with Crippen LogP contribution in [0.5, 0.6) is 11.5 Å². The Labute approximate surface area is 168 Å². The van der Waals surface area contributed by atoms with Crippen molar-refractivity contribution < 1.29 is 9.47 Å². The third-order valence-corrected chi connectivity index (χ3v) is 4.48. The molecule has 3 N–H and O–H groups in total. The SMILES string of the molecule is COc1ccc(NC(N)=NCCCN2CCCCC2C)cc1OC.I. The van der Waals surface area contributed by atoms with Gasteiger partial charge in [0, 0.05) is 30.9 Å². The summed E-state index contributed by atoms with van der Waals surface area (Å²) in [5, 5.41) is 3.09. The molecule has 1 aliphatic heterocycles. The molecule has 1 aliphatic rings. The monoisotopic (exact) mass is 462 g/mol. The molecule has 1 aromatic rings. The molecule has 25 heavy (non-hydrogen) atoms. The summed E-state index contributed by atoms with van der Waals surface area (Å²) in [4.78, 5) is 6.96. The molecule has 0 amide bonds. The topological polar surface area (TPSA) is 72.1 Å². The smallest absolute Gasteiger partial charge is 0.193 e. The summed E-state index contributed by atoms with van der Waals surface area (Å²) in [5.74, 6) is 1.78. The highest BCUT2D eigenvalue weighted by Gasteiger charge is 2.16. The van der Waals surface area contributed by atoms with Crippen LogP contribution in [-0.4, -0.2) is 50.8 Å². The van der Waals surface area contributed by atoms with E-state index in [4.69, 9.17) is 15.2 Å². The second-order valence-corrected chi connectivity index (χ2v) is 6.20. The molecule has 0 aromatic heterocycles. The number of rotatable bonds is 7. The van der Waals surface area contributed by atoms with E-state index in [1.165, 1.54) is 25.8 Å². The fourth-order valence-corrected chi connectivity index (χ4v) is 3.06. The van der Waals surface area contributed by atoms with Crippen LogP contribution in [0.25, 0.3) is 0 Å². The van der Waals surface area contributed by atoms with Crippen molar-refractivity contribution in [3.8, 4) is 11.5 Å². The molecule has 0 saturated carbocycles. The van der Waals surface area contributed by atoms with E-state index < -0.39 is 0 Å². The fourth-order valence-electron chi connectivity index (χ4n) is 3.06. The number of guanidine groups is 1. The number of ether oxygens (including phenoxy) is 2. The largest absolute Gasteiger partial charge is 0.493 e. The number of likely N-dealkylation sites (tertiary alicyclic amines) is 1. The van der Waals surface area contributed by atoms with Crippen molar-refractivity contribution in [2.24, 2.45) is 10.7 Å². The van der Waals surface area contributed by atoms with Gasteiger partial charge < -0.3 is 25.4 Å². The minimum absolute atomic E-state index is 0. The molecule has 6 nitrogen and oxygen atoms in total. The Bertz CT molecular complexity index is 554. The summed E-state index contributed by atoms with van der Waals surface area (Å²) in [6, 6.07) is 6.27. The Hall–Kier alpha value is -1.22. The predicted molar refractivity (Wildman–Crippen MR) is 115 cm³/mol. The molecule has 1 fully saturated rings. The van der Waals surface area contributed by atoms with E-state index in [-0.39, 0.29) is 24.0 Å². The second kappa shape index (κ2) is 11.4. The van der Waals surface area contributed by atoms with Gasteiger partial charge in [-0.3, -0.25) is 4.99 Å². The number of nitrogens with one attached hydrogen (secondary N) is 1. The molecule has 0 bridgehead atoms. The number of hydrogen-bond acceptors (Lipinski definition) is 4. The molecule has 7 heteroatoms. The van der Waals surface area contributed by atoms with Gasteiger partial charge in [-0.05, 0) is 44.9 Å². The van der Waals surface area contributed by atoms with Crippen LogP contribution in [0.15, 0.2) is 23.2 Å². The van der Waals surface area contributed by atoms with Crippen LogP contribution in [-0.2, 0) is 0 Å². The molecule has 0 spiro atoms. The molecular formula is C18H31IN4O2. The summed E-state index contributed by atoms with van der Waals surface area (Å²) < 4.78 is 10.5. The van der Waals surface area contributed by atoms with E-state index in [0.717, 1.165) is 25.2 Å². The summed E-state index contributed by atoms with van der Waals surface area (Å²) in [7, 11) is 3.23. The van der Waals surface area contributed by atoms with Gasteiger partial charge in [0.2, 0.25) is 0 Å². The van der Waals surface area contributed by atoms with E-state index in [9.17, 15) is 0 Å². The fraction of sp³-hybridized carbons (Fsp3) is 0.611. The summed E-state index contributed by atoms with van der Waals surface area (Å²) in [5.41, 5.74) is 6.80. The number of aliphatic imine (C=N–C) groups is 1. The van der Waals surface area contributed by atoms with E-state index in [2.05, 4.69) is 22.1 Å². The van der Waals surface area contributed by atoms with Gasteiger partial charge in [0.15, 0.2) is 17.5 Å². The highest BCUT2D eigenvalue weighted by atomic mass is 127. The van der Waals surface area contributed by atoms with Crippen molar-refractivity contribution >= 4 is 35.6 Å². The first-order valence-electron chi connectivity index (χ1n) is 8.67. The molecule has 2 rings (SSSR count). The van der Waals surface area contributed by atoms with Crippen LogP contribution in [0, 0.1) is 0 Å².